The first-order chi connectivity index (χ1) is 15.1. The number of hydrogen-bond donors (Lipinski definition) is 2. The van der Waals surface area contributed by atoms with Crippen LogP contribution in [0.1, 0.15) is 22.8 Å². The summed E-state index contributed by atoms with van der Waals surface area (Å²) >= 11 is 0. The Bertz CT molecular complexity index is 1210. The summed E-state index contributed by atoms with van der Waals surface area (Å²) in [5.41, 5.74) is 4.70. The average molecular weight is 409 g/mol. The van der Waals surface area contributed by atoms with E-state index in [1.54, 1.807) is 12.1 Å². The van der Waals surface area contributed by atoms with Crippen LogP contribution in [0.25, 0.3) is 21.9 Å². The van der Waals surface area contributed by atoms with Crippen molar-refractivity contribution < 1.29 is 9.59 Å². The second-order valence-corrected chi connectivity index (χ2v) is 7.39. The fourth-order valence-electron chi connectivity index (χ4n) is 3.54. The summed E-state index contributed by atoms with van der Waals surface area (Å²) in [5.74, 6) is -0.543. The summed E-state index contributed by atoms with van der Waals surface area (Å²) in [6.07, 6.45) is 1.01. The molecule has 0 aromatic heterocycles. The molecule has 2 amide bonds. The van der Waals surface area contributed by atoms with Crippen molar-refractivity contribution in [1.82, 2.24) is 5.32 Å². The van der Waals surface area contributed by atoms with Gasteiger partial charge in [0.15, 0.2) is 0 Å². The molecule has 4 aromatic carbocycles. The van der Waals surface area contributed by atoms with E-state index in [4.69, 9.17) is 0 Å². The molecule has 0 atom stereocenters. The van der Waals surface area contributed by atoms with E-state index in [2.05, 4.69) is 41.8 Å². The standard InChI is InChI=1S/C27H24N2O2/c1-2-19-10-12-20(13-11-19)21-14-16-23(17-15-21)27(31)28-18-26(30)29-25-9-5-7-22-6-3-4-8-24(22)25/h3-17H,2,18H2,1H3,(H,28,31)(H,29,30). The third kappa shape index (κ3) is 4.81. The van der Waals surface area contributed by atoms with E-state index < -0.39 is 0 Å². The summed E-state index contributed by atoms with van der Waals surface area (Å²) < 4.78 is 0. The average Bonchev–Trinajstić information content (AvgIpc) is 2.83. The largest absolute Gasteiger partial charge is 0.343 e. The van der Waals surface area contributed by atoms with Crippen LogP contribution in [0.2, 0.25) is 0 Å². The number of amides is 2. The molecule has 4 rings (SSSR count). The van der Waals surface area contributed by atoms with Crippen molar-refractivity contribution in [2.45, 2.75) is 13.3 Å². The molecule has 0 aliphatic heterocycles. The van der Waals surface area contributed by atoms with Crippen LogP contribution in [0.15, 0.2) is 91.0 Å². The van der Waals surface area contributed by atoms with Gasteiger partial charge in [-0.05, 0) is 46.7 Å². The molecule has 4 nitrogen and oxygen atoms in total. The minimum Gasteiger partial charge on any atom is -0.343 e. The van der Waals surface area contributed by atoms with Crippen molar-refractivity contribution in [3.05, 3.63) is 102 Å². The molecule has 0 bridgehead atoms. The highest BCUT2D eigenvalue weighted by atomic mass is 16.2. The lowest BCUT2D eigenvalue weighted by Crippen LogP contribution is -2.32. The topological polar surface area (TPSA) is 58.2 Å². The number of fused-ring (bicyclic) bond motifs is 1. The SMILES string of the molecule is CCc1ccc(-c2ccc(C(=O)NCC(=O)Nc3cccc4ccccc34)cc2)cc1. The maximum Gasteiger partial charge on any atom is 0.251 e. The Kier molecular flexibility index (Phi) is 6.08. The van der Waals surface area contributed by atoms with Gasteiger partial charge in [-0.3, -0.25) is 9.59 Å². The molecule has 154 valence electrons. The molecule has 0 radical (unpaired) electrons. The van der Waals surface area contributed by atoms with Crippen LogP contribution in [0.4, 0.5) is 5.69 Å². The van der Waals surface area contributed by atoms with Crippen molar-refractivity contribution in [2.24, 2.45) is 0 Å². The quantitative estimate of drug-likeness (QED) is 0.446. The fourth-order valence-corrected chi connectivity index (χ4v) is 3.54. The molecule has 0 fully saturated rings. The van der Waals surface area contributed by atoms with Crippen molar-refractivity contribution in [1.29, 1.82) is 0 Å². The highest BCUT2D eigenvalue weighted by Gasteiger charge is 2.10. The van der Waals surface area contributed by atoms with Gasteiger partial charge < -0.3 is 10.6 Å². The third-order valence-corrected chi connectivity index (χ3v) is 5.32. The highest BCUT2D eigenvalue weighted by Crippen LogP contribution is 2.23. The van der Waals surface area contributed by atoms with Crippen LogP contribution in [0.3, 0.4) is 0 Å². The zero-order chi connectivity index (χ0) is 21.6. The monoisotopic (exact) mass is 408 g/mol. The minimum absolute atomic E-state index is 0.0950. The Morgan fingerprint density at radius 3 is 2.10 bits per heavy atom. The van der Waals surface area contributed by atoms with Crippen molar-refractivity contribution in [3.8, 4) is 11.1 Å². The number of nitrogens with one attached hydrogen (secondary N) is 2. The molecule has 0 heterocycles. The van der Waals surface area contributed by atoms with Gasteiger partial charge in [-0.2, -0.15) is 0 Å². The molecule has 0 saturated carbocycles. The molecule has 4 aromatic rings. The van der Waals surface area contributed by atoms with Gasteiger partial charge in [0.2, 0.25) is 5.91 Å². The lowest BCUT2D eigenvalue weighted by molar-refractivity contribution is -0.115. The van der Waals surface area contributed by atoms with Crippen LogP contribution in [0.5, 0.6) is 0 Å². The number of benzene rings is 4. The summed E-state index contributed by atoms with van der Waals surface area (Å²) in [6, 6.07) is 29.4. The molecular formula is C27H24N2O2. The van der Waals surface area contributed by atoms with Gasteiger partial charge in [-0.1, -0.05) is 79.7 Å². The van der Waals surface area contributed by atoms with Gasteiger partial charge in [0.25, 0.3) is 5.91 Å². The van der Waals surface area contributed by atoms with Crippen molar-refractivity contribution in [2.75, 3.05) is 11.9 Å². The summed E-state index contributed by atoms with van der Waals surface area (Å²) in [6.45, 7) is 2.03. The first-order valence-corrected chi connectivity index (χ1v) is 10.4. The number of carbonyl (C=O) groups excluding carboxylic acids is 2. The molecule has 0 aliphatic rings. The number of rotatable bonds is 6. The number of aryl methyl sites for hydroxylation is 1. The summed E-state index contributed by atoms with van der Waals surface area (Å²) in [7, 11) is 0. The van der Waals surface area contributed by atoms with Gasteiger partial charge >= 0.3 is 0 Å². The molecule has 0 aliphatic carbocycles. The Morgan fingerprint density at radius 2 is 1.39 bits per heavy atom. The minimum atomic E-state index is -0.277. The first-order valence-electron chi connectivity index (χ1n) is 10.4. The molecule has 31 heavy (non-hydrogen) atoms. The van der Waals surface area contributed by atoms with Gasteiger partial charge in [-0.25, -0.2) is 0 Å². The molecule has 0 saturated heterocycles. The number of hydrogen-bond acceptors (Lipinski definition) is 2. The van der Waals surface area contributed by atoms with E-state index in [-0.39, 0.29) is 18.4 Å². The van der Waals surface area contributed by atoms with Gasteiger partial charge in [0, 0.05) is 16.6 Å². The molecule has 0 spiro atoms. The van der Waals surface area contributed by atoms with Crippen LogP contribution in [-0.2, 0) is 11.2 Å². The zero-order valence-corrected chi connectivity index (χ0v) is 17.4. The maximum atomic E-state index is 12.5. The van der Waals surface area contributed by atoms with Crippen molar-refractivity contribution in [3.63, 3.8) is 0 Å². The summed E-state index contributed by atoms with van der Waals surface area (Å²) in [5, 5.41) is 7.58. The normalized spacial score (nSPS) is 10.6. The van der Waals surface area contributed by atoms with E-state index in [0.717, 1.165) is 34.0 Å². The molecule has 4 heteroatoms. The second-order valence-electron chi connectivity index (χ2n) is 7.39. The van der Waals surface area contributed by atoms with Gasteiger partial charge in [0.05, 0.1) is 6.54 Å². The van der Waals surface area contributed by atoms with Crippen LogP contribution >= 0.6 is 0 Å². The fraction of sp³-hybridized carbons (Fsp3) is 0.111. The maximum absolute atomic E-state index is 12.5. The predicted molar refractivity (Wildman–Crippen MR) is 126 cm³/mol. The van der Waals surface area contributed by atoms with Crippen LogP contribution < -0.4 is 10.6 Å². The highest BCUT2D eigenvalue weighted by molar-refractivity contribution is 6.04. The third-order valence-electron chi connectivity index (χ3n) is 5.32. The van der Waals surface area contributed by atoms with E-state index in [1.165, 1.54) is 5.56 Å². The lowest BCUT2D eigenvalue weighted by atomic mass is 10.0. The van der Waals surface area contributed by atoms with E-state index in [1.807, 2.05) is 54.6 Å². The van der Waals surface area contributed by atoms with Gasteiger partial charge in [-0.15, -0.1) is 0 Å². The smallest absolute Gasteiger partial charge is 0.251 e. The number of carbonyl (C=O) groups is 2. The molecular weight excluding hydrogens is 384 g/mol. The Labute approximate surface area is 181 Å². The Morgan fingerprint density at radius 1 is 0.742 bits per heavy atom. The first kappa shape index (κ1) is 20.4. The second kappa shape index (κ2) is 9.26. The number of anilines is 1. The van der Waals surface area contributed by atoms with Crippen molar-refractivity contribution >= 4 is 28.3 Å². The Balaban J connectivity index is 1.36. The zero-order valence-electron chi connectivity index (χ0n) is 17.4. The molecule has 0 unspecified atom stereocenters. The molecule has 2 N–H and O–H groups in total. The Hall–Kier alpha value is -3.92. The van der Waals surface area contributed by atoms with Crippen LogP contribution in [0, 0.1) is 0 Å². The summed E-state index contributed by atoms with van der Waals surface area (Å²) in [4.78, 5) is 24.8. The van der Waals surface area contributed by atoms with E-state index in [0.29, 0.717) is 5.56 Å². The van der Waals surface area contributed by atoms with Crippen LogP contribution in [-0.4, -0.2) is 18.4 Å². The predicted octanol–water partition coefficient (Wildman–Crippen LogP) is 5.44. The van der Waals surface area contributed by atoms with E-state index >= 15 is 0 Å². The van der Waals surface area contributed by atoms with E-state index in [9.17, 15) is 9.59 Å². The van der Waals surface area contributed by atoms with Gasteiger partial charge in [0.1, 0.15) is 0 Å². The lowest BCUT2D eigenvalue weighted by Gasteiger charge is -2.10.